The topological polar surface area (TPSA) is 6.48 Å². The third-order valence-corrected chi connectivity index (χ3v) is 0.413. The zero-order valence-electron chi connectivity index (χ0n) is 5.05. The van der Waals surface area contributed by atoms with Gasteiger partial charge < -0.3 is 9.53 Å². The zero-order chi connectivity index (χ0) is 5.86. The minimum atomic E-state index is 1.50. The third-order valence-electron chi connectivity index (χ3n) is 0.413. The molecule has 0 aromatic rings. The Labute approximate surface area is 47.2 Å². The van der Waals surface area contributed by atoms with Crippen LogP contribution in [0.1, 0.15) is 0 Å². The van der Waals surface area contributed by atoms with E-state index in [2.05, 4.69) is 0 Å². The molecular formula is C3H9B2N2. The smallest absolute Gasteiger partial charge is 0.299 e. The molecule has 0 aliphatic rings. The number of nitrogens with zero attached hydrogens (tertiary/aromatic N) is 2. The summed E-state index contributed by atoms with van der Waals surface area (Å²) in [5, 5.41) is 0. The van der Waals surface area contributed by atoms with Crippen LogP contribution < -0.4 is 0 Å². The average Bonchev–Trinajstić information content (AvgIpc) is 1.27. The molecule has 0 aromatic heterocycles. The molecule has 0 atom stereocenters. The number of hydrogen-bond donors (Lipinski definition) is 0. The Morgan fingerprint density at radius 2 is 1.71 bits per heavy atom. The normalized spacial score (nSPS) is 10.4. The van der Waals surface area contributed by atoms with E-state index in [-0.39, 0.29) is 0 Å². The number of rotatable bonds is 2. The first kappa shape index (κ1) is 7.05. The first-order valence-corrected chi connectivity index (χ1v) is 2.12. The van der Waals surface area contributed by atoms with Crippen molar-refractivity contribution in [3.63, 3.8) is 0 Å². The zero-order valence-corrected chi connectivity index (χ0v) is 5.05. The average molecular weight is 94.7 g/mol. The first-order chi connectivity index (χ1) is 3.13. The fraction of sp³-hybridized carbons (Fsp3) is 1.00. The Morgan fingerprint density at radius 3 is 1.71 bits per heavy atom. The lowest BCUT2D eigenvalue weighted by Gasteiger charge is -2.12. The predicted molar refractivity (Wildman–Crippen MR) is 33.0 cm³/mol. The minimum absolute atomic E-state index is 1.50. The monoisotopic (exact) mass is 95.1 g/mol. The lowest BCUT2D eigenvalue weighted by molar-refractivity contribution is 0.611. The van der Waals surface area contributed by atoms with Crippen LogP contribution >= 0.6 is 0 Å². The van der Waals surface area contributed by atoms with Gasteiger partial charge in [0, 0.05) is 0 Å². The van der Waals surface area contributed by atoms with Crippen LogP contribution in [-0.4, -0.2) is 46.2 Å². The molecule has 0 aromatic carbocycles. The standard InChI is InChI=1S/C3H9B2N2/c1-6(2)5-7(3)4/h1-3H3. The van der Waals surface area contributed by atoms with E-state index in [9.17, 15) is 0 Å². The fourth-order valence-electron chi connectivity index (χ4n) is 0.364. The van der Waals surface area contributed by atoms with Crippen molar-refractivity contribution in [2.24, 2.45) is 0 Å². The van der Waals surface area contributed by atoms with E-state index in [0.29, 0.717) is 0 Å². The first-order valence-electron chi connectivity index (χ1n) is 2.12. The Balaban J connectivity index is 2.95. The van der Waals surface area contributed by atoms with Gasteiger partial charge in [-0.3, -0.25) is 0 Å². The van der Waals surface area contributed by atoms with Crippen molar-refractivity contribution >= 4 is 15.5 Å². The van der Waals surface area contributed by atoms with E-state index in [1.54, 1.807) is 14.6 Å². The highest BCUT2D eigenvalue weighted by Gasteiger charge is 1.93. The molecule has 7 heavy (non-hydrogen) atoms. The van der Waals surface area contributed by atoms with Crippen LogP contribution in [0.15, 0.2) is 0 Å². The van der Waals surface area contributed by atoms with Gasteiger partial charge in [0.05, 0.1) is 0 Å². The summed E-state index contributed by atoms with van der Waals surface area (Å²) in [6, 6.07) is 0. The Morgan fingerprint density at radius 1 is 1.29 bits per heavy atom. The predicted octanol–water partition coefficient (Wildman–Crippen LogP) is -0.903. The summed E-state index contributed by atoms with van der Waals surface area (Å²) in [6.45, 7) is 0. The van der Waals surface area contributed by atoms with Gasteiger partial charge >= 0.3 is 0 Å². The second-order valence-corrected chi connectivity index (χ2v) is 1.74. The summed E-state index contributed by atoms with van der Waals surface area (Å²) >= 11 is 0. The van der Waals surface area contributed by atoms with Crippen molar-refractivity contribution in [1.29, 1.82) is 0 Å². The molecule has 0 saturated heterocycles. The largest absolute Gasteiger partial charge is 0.386 e. The molecule has 2 nitrogen and oxygen atoms in total. The molecule has 0 aliphatic carbocycles. The van der Waals surface area contributed by atoms with Crippen LogP contribution in [-0.2, 0) is 0 Å². The Bertz CT molecular complexity index is 40.2. The van der Waals surface area contributed by atoms with Gasteiger partial charge in [-0.05, 0) is 21.1 Å². The maximum absolute atomic E-state index is 5.23. The minimum Gasteiger partial charge on any atom is -0.386 e. The van der Waals surface area contributed by atoms with Crippen LogP contribution in [0.3, 0.4) is 0 Å². The van der Waals surface area contributed by atoms with Gasteiger partial charge in [0.15, 0.2) is 7.98 Å². The van der Waals surface area contributed by atoms with E-state index in [1.165, 1.54) is 4.72 Å². The van der Waals surface area contributed by atoms with Crippen molar-refractivity contribution in [2.75, 3.05) is 21.1 Å². The molecule has 0 N–H and O–H groups in total. The van der Waals surface area contributed by atoms with E-state index in [1.807, 2.05) is 18.9 Å². The summed E-state index contributed by atoms with van der Waals surface area (Å²) in [5.41, 5.74) is 0. The molecular weight excluding hydrogens is 85.7 g/mol. The lowest BCUT2D eigenvalue weighted by Crippen LogP contribution is -2.32. The summed E-state index contributed by atoms with van der Waals surface area (Å²) in [7, 11) is 12.6. The molecule has 0 heterocycles. The van der Waals surface area contributed by atoms with Gasteiger partial charge in [0.2, 0.25) is 0 Å². The van der Waals surface area contributed by atoms with Crippen LogP contribution in [0.25, 0.3) is 0 Å². The van der Waals surface area contributed by atoms with Crippen molar-refractivity contribution in [3.05, 3.63) is 0 Å². The van der Waals surface area contributed by atoms with Gasteiger partial charge in [-0.1, -0.05) is 0 Å². The van der Waals surface area contributed by atoms with Gasteiger partial charge in [-0.15, -0.1) is 0 Å². The van der Waals surface area contributed by atoms with Crippen molar-refractivity contribution in [1.82, 2.24) is 9.53 Å². The molecule has 0 rings (SSSR count). The van der Waals surface area contributed by atoms with Crippen LogP contribution in [0.2, 0.25) is 0 Å². The van der Waals surface area contributed by atoms with Gasteiger partial charge in [0.25, 0.3) is 7.55 Å². The SMILES string of the molecule is [B]N(C)[B]N(C)C. The third kappa shape index (κ3) is 6.05. The molecule has 0 fully saturated rings. The highest BCUT2D eigenvalue weighted by Crippen LogP contribution is 1.69. The van der Waals surface area contributed by atoms with E-state index < -0.39 is 0 Å². The molecule has 0 saturated carbocycles. The molecule has 4 heteroatoms. The van der Waals surface area contributed by atoms with Crippen molar-refractivity contribution in [3.8, 4) is 0 Å². The second-order valence-electron chi connectivity index (χ2n) is 1.74. The van der Waals surface area contributed by atoms with Gasteiger partial charge in [-0.2, -0.15) is 0 Å². The van der Waals surface area contributed by atoms with Crippen LogP contribution in [0.5, 0.6) is 0 Å². The molecule has 3 radical (unpaired) electrons. The van der Waals surface area contributed by atoms with E-state index in [4.69, 9.17) is 7.98 Å². The van der Waals surface area contributed by atoms with Crippen LogP contribution in [0.4, 0.5) is 0 Å². The Kier molecular flexibility index (Phi) is 3.13. The maximum Gasteiger partial charge on any atom is 0.299 e. The van der Waals surface area contributed by atoms with E-state index >= 15 is 0 Å². The van der Waals surface area contributed by atoms with E-state index in [0.717, 1.165) is 0 Å². The number of hydrogen-bond acceptors (Lipinski definition) is 2. The van der Waals surface area contributed by atoms with Gasteiger partial charge in [-0.25, -0.2) is 0 Å². The molecule has 0 spiro atoms. The molecule has 0 amide bonds. The van der Waals surface area contributed by atoms with Crippen LogP contribution in [0, 0.1) is 0 Å². The Hall–Kier alpha value is 0.0499. The summed E-state index contributed by atoms with van der Waals surface area (Å²) in [4.78, 5) is 1.88. The summed E-state index contributed by atoms with van der Waals surface area (Å²) in [6.07, 6.45) is 0. The lowest BCUT2D eigenvalue weighted by atomic mass is 10.0. The highest BCUT2D eigenvalue weighted by molar-refractivity contribution is 6.38. The molecule has 0 bridgehead atoms. The summed E-state index contributed by atoms with van der Waals surface area (Å²) < 4.78 is 1.50. The molecule has 37 valence electrons. The fourth-order valence-corrected chi connectivity index (χ4v) is 0.364. The molecule has 0 aliphatic heterocycles. The summed E-state index contributed by atoms with van der Waals surface area (Å²) in [5.74, 6) is 0. The maximum atomic E-state index is 5.23. The molecule has 0 unspecified atom stereocenters. The quantitative estimate of drug-likeness (QED) is 0.410. The van der Waals surface area contributed by atoms with Crippen molar-refractivity contribution in [2.45, 2.75) is 0 Å². The van der Waals surface area contributed by atoms with Gasteiger partial charge in [0.1, 0.15) is 0 Å². The highest BCUT2D eigenvalue weighted by atomic mass is 15.1. The van der Waals surface area contributed by atoms with Crippen molar-refractivity contribution < 1.29 is 0 Å². The second kappa shape index (κ2) is 3.10.